The molecule has 2 aliphatic heterocycles. The van der Waals surface area contributed by atoms with Crippen LogP contribution in [0.4, 0.5) is 8.78 Å². The normalized spacial score (nSPS) is 17.1. The number of piperidine rings is 1. The van der Waals surface area contributed by atoms with Crippen molar-refractivity contribution in [1.29, 1.82) is 0 Å². The van der Waals surface area contributed by atoms with Gasteiger partial charge in [-0.05, 0) is 61.7 Å². The Labute approximate surface area is 272 Å². The maximum atomic E-state index is 13.6. The molecule has 1 aromatic heterocycles. The molecule has 0 aliphatic carbocycles. The molecular weight excluding hydrogens is 620 g/mol. The highest BCUT2D eigenvalue weighted by Crippen LogP contribution is 2.31. The van der Waals surface area contributed by atoms with Crippen LogP contribution in [0.2, 0.25) is 5.02 Å². The zero-order chi connectivity index (χ0) is 32.9. The molecule has 1 fully saturated rings. The lowest BCUT2D eigenvalue weighted by molar-refractivity contribution is -0.137. The number of hydrogen-bond acceptors (Lipinski definition) is 9. The number of pyridine rings is 1. The van der Waals surface area contributed by atoms with Gasteiger partial charge in [0.15, 0.2) is 5.76 Å². The molecule has 2 aromatic rings. The number of benzene rings is 1. The van der Waals surface area contributed by atoms with E-state index in [9.17, 15) is 18.4 Å². The van der Waals surface area contributed by atoms with Crippen LogP contribution in [0.25, 0.3) is 11.3 Å². The number of hydrogen-bond donors (Lipinski definition) is 3. The Morgan fingerprint density at radius 1 is 1.09 bits per heavy atom. The second-order valence-corrected chi connectivity index (χ2v) is 11.7. The van der Waals surface area contributed by atoms with Crippen LogP contribution < -0.4 is 15.4 Å². The maximum Gasteiger partial charge on any atom is 0.304 e. The molecule has 0 spiro atoms. The van der Waals surface area contributed by atoms with Crippen molar-refractivity contribution in [3.8, 4) is 17.1 Å². The molecule has 0 radical (unpaired) electrons. The number of halogens is 3. The number of alkyl halides is 2. The van der Waals surface area contributed by atoms with E-state index < -0.39 is 12.4 Å². The molecule has 0 bridgehead atoms. The average molecular weight is 660 g/mol. The molecule has 11 nitrogen and oxygen atoms in total. The first-order chi connectivity index (χ1) is 22.1. The number of carboxylic acids is 1. The molecule has 0 saturated carbocycles. The zero-order valence-corrected chi connectivity index (χ0v) is 26.6. The second-order valence-electron chi connectivity index (χ2n) is 11.3. The third-order valence-electron chi connectivity index (χ3n) is 7.65. The van der Waals surface area contributed by atoms with Gasteiger partial charge in [0.05, 0.1) is 37.8 Å². The molecule has 3 N–H and O–H groups in total. The molecule has 248 valence electrons. The van der Waals surface area contributed by atoms with Gasteiger partial charge in [-0.2, -0.15) is 0 Å². The van der Waals surface area contributed by atoms with E-state index in [1.54, 1.807) is 18.5 Å². The quantitative estimate of drug-likeness (QED) is 0.324. The molecule has 2 aliphatic rings. The maximum absolute atomic E-state index is 13.6. The van der Waals surface area contributed by atoms with E-state index in [2.05, 4.69) is 30.5 Å². The van der Waals surface area contributed by atoms with Crippen molar-refractivity contribution in [1.82, 2.24) is 25.4 Å². The van der Waals surface area contributed by atoms with Crippen LogP contribution in [0.15, 0.2) is 52.3 Å². The topological polar surface area (TPSA) is 132 Å². The predicted octanol–water partition coefficient (Wildman–Crippen LogP) is 4.39. The van der Waals surface area contributed by atoms with Crippen molar-refractivity contribution in [3.05, 3.63) is 58.4 Å². The highest BCUT2D eigenvalue weighted by atomic mass is 35.5. The lowest BCUT2D eigenvalue weighted by Crippen LogP contribution is -2.37. The fraction of sp³-hybridized carbons (Fsp3) is 0.469. The SMILES string of the molecule is CC(=O)NCC1CCN(Cc2cc(OC3=CNC=NCCN(CCC(=O)O)CCN=C3)nc(-c3cc(Cl)cc(C(F)F)c3)c2)CC1. The van der Waals surface area contributed by atoms with Crippen LogP contribution >= 0.6 is 11.6 Å². The standard InChI is InChI=1S/C32H40ClF2N7O4/c1-22(43)39-17-23-2-7-42(8-3-23)20-24-12-29(25-14-26(32(34)35)16-27(33)15-25)40-30(13-24)46-28-18-36-5-10-41(9-4-31(44)45)11-6-37-21-38-19-28/h12-16,18-19,21,23,32H,2-11,17,20H2,1H3,(H,37,38)(H,39,43)(H,44,45). The smallest absolute Gasteiger partial charge is 0.304 e. The van der Waals surface area contributed by atoms with Gasteiger partial charge in [0.25, 0.3) is 6.43 Å². The molecule has 1 amide bonds. The summed E-state index contributed by atoms with van der Waals surface area (Å²) in [6.07, 6.45) is 3.90. The molecule has 3 heterocycles. The lowest BCUT2D eigenvalue weighted by Gasteiger charge is -2.32. The fourth-order valence-corrected chi connectivity index (χ4v) is 5.47. The number of nitrogens with one attached hydrogen (secondary N) is 2. The van der Waals surface area contributed by atoms with Crippen LogP contribution in [0.5, 0.6) is 5.88 Å². The summed E-state index contributed by atoms with van der Waals surface area (Å²) in [5.74, 6) is 0.120. The number of aromatic nitrogens is 1. The summed E-state index contributed by atoms with van der Waals surface area (Å²) in [7, 11) is 0. The number of aliphatic imine (C=N–C) groups is 2. The van der Waals surface area contributed by atoms with Gasteiger partial charge in [0.2, 0.25) is 11.8 Å². The van der Waals surface area contributed by atoms with E-state index in [4.69, 9.17) is 21.4 Å². The number of nitrogens with zero attached hydrogens (tertiary/aromatic N) is 5. The number of likely N-dealkylation sites (tertiary alicyclic amines) is 1. The third kappa shape index (κ3) is 11.8. The summed E-state index contributed by atoms with van der Waals surface area (Å²) in [5, 5.41) is 15.1. The number of carbonyl (C=O) groups is 2. The van der Waals surface area contributed by atoms with Crippen molar-refractivity contribution in [2.45, 2.75) is 39.2 Å². The molecule has 4 rings (SSSR count). The van der Waals surface area contributed by atoms with Crippen molar-refractivity contribution in [2.24, 2.45) is 15.9 Å². The van der Waals surface area contributed by atoms with E-state index in [0.29, 0.717) is 68.7 Å². The Hall–Kier alpha value is -3.94. The van der Waals surface area contributed by atoms with Crippen LogP contribution in [0, 0.1) is 5.92 Å². The van der Waals surface area contributed by atoms with E-state index in [1.807, 2.05) is 17.0 Å². The molecule has 0 unspecified atom stereocenters. The first-order valence-electron chi connectivity index (χ1n) is 15.3. The van der Waals surface area contributed by atoms with Crippen LogP contribution in [-0.2, 0) is 16.1 Å². The van der Waals surface area contributed by atoms with Crippen LogP contribution in [0.1, 0.15) is 43.7 Å². The van der Waals surface area contributed by atoms with E-state index in [-0.39, 0.29) is 28.8 Å². The first-order valence-corrected chi connectivity index (χ1v) is 15.7. The minimum Gasteiger partial charge on any atom is -0.481 e. The average Bonchev–Trinajstić information content (AvgIpc) is 3.01. The number of aliphatic carboxylic acids is 1. The summed E-state index contributed by atoms with van der Waals surface area (Å²) in [6.45, 7) is 6.92. The van der Waals surface area contributed by atoms with Crippen molar-refractivity contribution in [3.63, 3.8) is 0 Å². The number of allylic oxidation sites excluding steroid dienone is 1. The van der Waals surface area contributed by atoms with Gasteiger partial charge in [0, 0.05) is 68.1 Å². The van der Waals surface area contributed by atoms with Gasteiger partial charge < -0.3 is 20.5 Å². The Morgan fingerprint density at radius 3 is 2.57 bits per heavy atom. The predicted molar refractivity (Wildman–Crippen MR) is 174 cm³/mol. The Morgan fingerprint density at radius 2 is 1.85 bits per heavy atom. The van der Waals surface area contributed by atoms with Gasteiger partial charge in [-0.15, -0.1) is 0 Å². The van der Waals surface area contributed by atoms with Gasteiger partial charge >= 0.3 is 5.97 Å². The largest absolute Gasteiger partial charge is 0.481 e. The zero-order valence-electron chi connectivity index (χ0n) is 25.8. The summed E-state index contributed by atoms with van der Waals surface area (Å²) in [6, 6.07) is 7.89. The van der Waals surface area contributed by atoms with Crippen molar-refractivity contribution >= 4 is 36.0 Å². The van der Waals surface area contributed by atoms with E-state index in [0.717, 1.165) is 31.5 Å². The molecule has 0 atom stereocenters. The van der Waals surface area contributed by atoms with Gasteiger partial charge in [0.1, 0.15) is 0 Å². The molecular formula is C32H40ClF2N7O4. The molecule has 1 aromatic carbocycles. The number of ether oxygens (including phenoxy) is 1. The van der Waals surface area contributed by atoms with Crippen molar-refractivity contribution < 1.29 is 28.2 Å². The number of carboxylic acid groups (broad SMARTS) is 1. The number of carbonyl (C=O) groups excluding carboxylic acids is 1. The summed E-state index contributed by atoms with van der Waals surface area (Å²) < 4.78 is 33.5. The van der Waals surface area contributed by atoms with Gasteiger partial charge in [-0.25, -0.2) is 13.8 Å². The van der Waals surface area contributed by atoms with Crippen LogP contribution in [-0.4, -0.2) is 96.7 Å². The second kappa shape index (κ2) is 17.7. The molecule has 14 heteroatoms. The van der Waals surface area contributed by atoms with E-state index in [1.165, 1.54) is 25.4 Å². The lowest BCUT2D eigenvalue weighted by atomic mass is 9.96. The van der Waals surface area contributed by atoms with Crippen LogP contribution in [0.3, 0.4) is 0 Å². The molecule has 46 heavy (non-hydrogen) atoms. The van der Waals surface area contributed by atoms with Gasteiger partial charge in [-0.1, -0.05) is 11.6 Å². The number of rotatable bonds is 11. The third-order valence-corrected chi connectivity index (χ3v) is 7.87. The Kier molecular flexibility index (Phi) is 13.4. The Balaban J connectivity index is 1.56. The fourth-order valence-electron chi connectivity index (χ4n) is 5.22. The summed E-state index contributed by atoms with van der Waals surface area (Å²) in [5.41, 5.74) is 1.56. The molecule has 1 saturated heterocycles. The van der Waals surface area contributed by atoms with Crippen molar-refractivity contribution in [2.75, 3.05) is 52.4 Å². The minimum absolute atomic E-state index is 0.0304. The monoisotopic (exact) mass is 659 g/mol. The van der Waals surface area contributed by atoms with Gasteiger partial charge in [-0.3, -0.25) is 29.4 Å². The summed E-state index contributed by atoms with van der Waals surface area (Å²) >= 11 is 6.22. The Bertz CT molecular complexity index is 1430. The first kappa shape index (κ1) is 34.9. The summed E-state index contributed by atoms with van der Waals surface area (Å²) in [4.78, 5) is 40.1. The minimum atomic E-state index is -2.69. The highest BCUT2D eigenvalue weighted by molar-refractivity contribution is 6.31. The number of amides is 1. The highest BCUT2D eigenvalue weighted by Gasteiger charge is 2.21. The van der Waals surface area contributed by atoms with E-state index >= 15 is 0 Å².